The van der Waals surface area contributed by atoms with Gasteiger partial charge in [0.05, 0.1) is 9.85 Å². The summed E-state index contributed by atoms with van der Waals surface area (Å²) in [4.78, 5) is 5.68. The van der Waals surface area contributed by atoms with E-state index < -0.39 is 0 Å². The van der Waals surface area contributed by atoms with Crippen LogP contribution in [0.5, 0.6) is 0 Å². The molecule has 2 aromatic heterocycles. The number of halogens is 1. The standard InChI is InChI=1S/C16H15ClN2S/c1-18-14(15-6-7-16(17)20-15)10-11-8-9-19-13-5-3-2-4-12(11)13/h2-9,14,18H,10H2,1H3. The van der Waals surface area contributed by atoms with Crippen LogP contribution < -0.4 is 5.32 Å². The van der Waals surface area contributed by atoms with Crippen molar-refractivity contribution in [3.8, 4) is 0 Å². The van der Waals surface area contributed by atoms with Crippen LogP contribution in [0.15, 0.2) is 48.7 Å². The van der Waals surface area contributed by atoms with Crippen molar-refractivity contribution in [3.63, 3.8) is 0 Å². The quantitative estimate of drug-likeness (QED) is 0.770. The highest BCUT2D eigenvalue weighted by Crippen LogP contribution is 2.30. The molecule has 2 nitrogen and oxygen atoms in total. The predicted molar refractivity (Wildman–Crippen MR) is 86.6 cm³/mol. The zero-order chi connectivity index (χ0) is 13.9. The number of benzene rings is 1. The van der Waals surface area contributed by atoms with Crippen LogP contribution >= 0.6 is 22.9 Å². The summed E-state index contributed by atoms with van der Waals surface area (Å²) in [7, 11) is 1.99. The van der Waals surface area contributed by atoms with E-state index in [0.29, 0.717) is 0 Å². The van der Waals surface area contributed by atoms with Gasteiger partial charge in [0.25, 0.3) is 0 Å². The second-order valence-corrected chi connectivity index (χ2v) is 6.42. The van der Waals surface area contributed by atoms with E-state index in [1.807, 2.05) is 25.4 Å². The maximum Gasteiger partial charge on any atom is 0.0931 e. The van der Waals surface area contributed by atoms with Crippen molar-refractivity contribution in [2.24, 2.45) is 0 Å². The molecule has 0 saturated heterocycles. The van der Waals surface area contributed by atoms with Gasteiger partial charge in [0.2, 0.25) is 0 Å². The van der Waals surface area contributed by atoms with Crippen LogP contribution in [0.1, 0.15) is 16.5 Å². The Morgan fingerprint density at radius 2 is 2.05 bits per heavy atom. The first-order valence-electron chi connectivity index (χ1n) is 6.53. The zero-order valence-electron chi connectivity index (χ0n) is 11.1. The molecular formula is C16H15ClN2S. The van der Waals surface area contributed by atoms with E-state index in [-0.39, 0.29) is 6.04 Å². The van der Waals surface area contributed by atoms with E-state index in [4.69, 9.17) is 11.6 Å². The third kappa shape index (κ3) is 2.70. The predicted octanol–water partition coefficient (Wildman–Crippen LogP) is 4.45. The summed E-state index contributed by atoms with van der Waals surface area (Å²) < 4.78 is 0.833. The number of likely N-dealkylation sites (N-methyl/N-ethyl adjacent to an activating group) is 1. The summed E-state index contributed by atoms with van der Waals surface area (Å²) >= 11 is 7.67. The third-order valence-electron chi connectivity index (χ3n) is 3.45. The van der Waals surface area contributed by atoms with Crippen molar-refractivity contribution in [1.82, 2.24) is 10.3 Å². The first-order valence-corrected chi connectivity index (χ1v) is 7.72. The second kappa shape index (κ2) is 5.92. The van der Waals surface area contributed by atoms with Gasteiger partial charge in [0.1, 0.15) is 0 Å². The lowest BCUT2D eigenvalue weighted by Gasteiger charge is -2.15. The SMILES string of the molecule is CNC(Cc1ccnc2ccccc12)c1ccc(Cl)s1. The zero-order valence-corrected chi connectivity index (χ0v) is 12.7. The Labute approximate surface area is 127 Å². The Hall–Kier alpha value is -1.42. The Bertz CT molecular complexity index is 718. The number of rotatable bonds is 4. The Kier molecular flexibility index (Phi) is 4.01. The average molecular weight is 303 g/mol. The van der Waals surface area contributed by atoms with E-state index in [0.717, 1.165) is 16.3 Å². The molecule has 0 aliphatic carbocycles. The molecule has 0 saturated carbocycles. The van der Waals surface area contributed by atoms with Crippen molar-refractivity contribution in [2.45, 2.75) is 12.5 Å². The Balaban J connectivity index is 1.95. The highest BCUT2D eigenvalue weighted by atomic mass is 35.5. The molecule has 20 heavy (non-hydrogen) atoms. The topological polar surface area (TPSA) is 24.9 Å². The number of nitrogens with one attached hydrogen (secondary N) is 1. The summed E-state index contributed by atoms with van der Waals surface area (Å²) in [5.74, 6) is 0. The van der Waals surface area contributed by atoms with Gasteiger partial charge in [-0.2, -0.15) is 0 Å². The number of pyridine rings is 1. The number of thiophene rings is 1. The minimum atomic E-state index is 0.276. The van der Waals surface area contributed by atoms with E-state index >= 15 is 0 Å². The second-order valence-electron chi connectivity index (χ2n) is 4.67. The lowest BCUT2D eigenvalue weighted by Crippen LogP contribution is -2.17. The van der Waals surface area contributed by atoms with Gasteiger partial charge in [0.15, 0.2) is 0 Å². The highest BCUT2D eigenvalue weighted by Gasteiger charge is 2.14. The summed E-state index contributed by atoms with van der Waals surface area (Å²) in [6.45, 7) is 0. The van der Waals surface area contributed by atoms with E-state index in [1.54, 1.807) is 11.3 Å². The lowest BCUT2D eigenvalue weighted by molar-refractivity contribution is 0.604. The summed E-state index contributed by atoms with van der Waals surface area (Å²) in [5, 5.41) is 4.60. The number of hydrogen-bond donors (Lipinski definition) is 1. The molecule has 0 aliphatic heterocycles. The molecule has 102 valence electrons. The van der Waals surface area contributed by atoms with Gasteiger partial charge >= 0.3 is 0 Å². The molecule has 1 atom stereocenters. The largest absolute Gasteiger partial charge is 0.312 e. The molecule has 0 fully saturated rings. The number of fused-ring (bicyclic) bond motifs is 1. The van der Waals surface area contributed by atoms with Crippen LogP contribution in [0, 0.1) is 0 Å². The smallest absolute Gasteiger partial charge is 0.0931 e. The highest BCUT2D eigenvalue weighted by molar-refractivity contribution is 7.16. The number of aromatic nitrogens is 1. The van der Waals surface area contributed by atoms with Crippen molar-refractivity contribution in [3.05, 3.63) is 63.4 Å². The van der Waals surface area contributed by atoms with E-state index in [2.05, 4.69) is 40.6 Å². The normalized spacial score (nSPS) is 12.7. The molecule has 1 unspecified atom stereocenters. The first kappa shape index (κ1) is 13.6. The molecule has 3 rings (SSSR count). The lowest BCUT2D eigenvalue weighted by atomic mass is 10.0. The van der Waals surface area contributed by atoms with Gasteiger partial charge in [-0.05, 0) is 43.3 Å². The van der Waals surface area contributed by atoms with Gasteiger partial charge in [-0.15, -0.1) is 11.3 Å². The molecule has 1 N–H and O–H groups in total. The molecule has 0 amide bonds. The molecule has 0 radical (unpaired) electrons. The minimum absolute atomic E-state index is 0.276. The van der Waals surface area contributed by atoms with Crippen molar-refractivity contribution in [1.29, 1.82) is 0 Å². The fourth-order valence-electron chi connectivity index (χ4n) is 2.41. The van der Waals surface area contributed by atoms with Gasteiger partial charge in [-0.1, -0.05) is 29.8 Å². The Morgan fingerprint density at radius 1 is 1.20 bits per heavy atom. The number of hydrogen-bond acceptors (Lipinski definition) is 3. The maximum atomic E-state index is 6.04. The van der Waals surface area contributed by atoms with E-state index in [9.17, 15) is 0 Å². The van der Waals surface area contributed by atoms with Crippen LogP contribution in [-0.4, -0.2) is 12.0 Å². The molecule has 3 aromatic rings. The van der Waals surface area contributed by atoms with Gasteiger partial charge in [-0.3, -0.25) is 4.98 Å². The Morgan fingerprint density at radius 3 is 2.80 bits per heavy atom. The summed E-state index contributed by atoms with van der Waals surface area (Å²) in [6.07, 6.45) is 2.81. The molecule has 1 aromatic carbocycles. The van der Waals surface area contributed by atoms with Crippen molar-refractivity contribution >= 4 is 33.8 Å². The molecule has 0 spiro atoms. The van der Waals surface area contributed by atoms with Crippen LogP contribution in [0.25, 0.3) is 10.9 Å². The summed E-state index contributed by atoms with van der Waals surface area (Å²) in [6, 6.07) is 14.7. The van der Waals surface area contributed by atoms with Crippen LogP contribution in [0.3, 0.4) is 0 Å². The van der Waals surface area contributed by atoms with Crippen LogP contribution in [0.4, 0.5) is 0 Å². The number of nitrogens with zero attached hydrogens (tertiary/aromatic N) is 1. The fourth-order valence-corrected chi connectivity index (χ4v) is 3.58. The third-order valence-corrected chi connectivity index (χ3v) is 4.79. The van der Waals surface area contributed by atoms with Crippen LogP contribution in [0.2, 0.25) is 4.34 Å². The maximum absolute atomic E-state index is 6.04. The van der Waals surface area contributed by atoms with Gasteiger partial charge in [-0.25, -0.2) is 0 Å². The average Bonchev–Trinajstić information content (AvgIpc) is 2.91. The number of para-hydroxylation sites is 1. The van der Waals surface area contributed by atoms with Crippen molar-refractivity contribution < 1.29 is 0 Å². The molecule has 2 heterocycles. The fraction of sp³-hybridized carbons (Fsp3) is 0.188. The van der Waals surface area contributed by atoms with E-state index in [1.165, 1.54) is 15.8 Å². The molecule has 4 heteroatoms. The van der Waals surface area contributed by atoms with Crippen LogP contribution in [-0.2, 0) is 6.42 Å². The molecule has 0 aliphatic rings. The first-order chi connectivity index (χ1) is 9.78. The minimum Gasteiger partial charge on any atom is -0.312 e. The summed E-state index contributed by atoms with van der Waals surface area (Å²) in [5.41, 5.74) is 2.35. The molecule has 0 bridgehead atoms. The van der Waals surface area contributed by atoms with Gasteiger partial charge < -0.3 is 5.32 Å². The molecular weight excluding hydrogens is 288 g/mol. The van der Waals surface area contributed by atoms with Crippen molar-refractivity contribution in [2.75, 3.05) is 7.05 Å². The van der Waals surface area contributed by atoms with Gasteiger partial charge in [0, 0.05) is 22.5 Å². The monoisotopic (exact) mass is 302 g/mol.